The summed E-state index contributed by atoms with van der Waals surface area (Å²) in [6, 6.07) is 11.8. The summed E-state index contributed by atoms with van der Waals surface area (Å²) in [4.78, 5) is 14.6. The highest BCUT2D eigenvalue weighted by Gasteiger charge is 2.13. The van der Waals surface area contributed by atoms with Gasteiger partial charge in [-0.25, -0.2) is 4.39 Å². The number of amides is 1. The molecular weight excluding hydrogens is 388 g/mol. The first-order chi connectivity index (χ1) is 12.6. The maximum absolute atomic E-state index is 14.4. The molecule has 0 unspecified atom stereocenters. The van der Waals surface area contributed by atoms with Gasteiger partial charge in [0.1, 0.15) is 5.82 Å². The molecule has 1 amide bonds. The van der Waals surface area contributed by atoms with Gasteiger partial charge < -0.3 is 15.5 Å². The molecule has 1 aliphatic heterocycles. The molecule has 3 rings (SSSR count). The van der Waals surface area contributed by atoms with E-state index in [0.717, 1.165) is 50.3 Å². The number of rotatable bonds is 6. The number of carbonyl (C=O) groups is 1. The van der Waals surface area contributed by atoms with Crippen LogP contribution in [0.4, 0.5) is 4.39 Å². The molecule has 0 atom stereocenters. The Hall–Kier alpha value is -1.66. The van der Waals surface area contributed by atoms with Crippen molar-refractivity contribution in [2.24, 2.45) is 0 Å². The Morgan fingerprint density at radius 2 is 1.78 bits per heavy atom. The Kier molecular flexibility index (Phi) is 8.51. The summed E-state index contributed by atoms with van der Waals surface area (Å²) >= 11 is 5.87. The van der Waals surface area contributed by atoms with E-state index in [-0.39, 0.29) is 23.9 Å². The summed E-state index contributed by atoms with van der Waals surface area (Å²) in [7, 11) is 0. The van der Waals surface area contributed by atoms with Crippen LogP contribution in [0, 0.1) is 5.82 Å². The fourth-order valence-electron chi connectivity index (χ4n) is 3.06. The summed E-state index contributed by atoms with van der Waals surface area (Å²) in [6.07, 6.45) is 0.857. The number of piperazine rings is 1. The molecule has 0 aliphatic carbocycles. The molecule has 0 radical (unpaired) electrons. The molecule has 27 heavy (non-hydrogen) atoms. The van der Waals surface area contributed by atoms with Crippen LogP contribution < -0.4 is 10.6 Å². The zero-order chi connectivity index (χ0) is 18.4. The SMILES string of the molecule is Cl.O=C(NCCCN1CCNCC1)c1ccc(-c2ccc(Cl)cc2)cc1F. The van der Waals surface area contributed by atoms with Crippen LogP contribution in [0.25, 0.3) is 11.1 Å². The van der Waals surface area contributed by atoms with Gasteiger partial charge >= 0.3 is 0 Å². The van der Waals surface area contributed by atoms with Crippen molar-refractivity contribution in [1.82, 2.24) is 15.5 Å². The first kappa shape index (κ1) is 21.6. The lowest BCUT2D eigenvalue weighted by molar-refractivity contribution is 0.0947. The molecule has 0 saturated carbocycles. The van der Waals surface area contributed by atoms with Gasteiger partial charge in [-0.2, -0.15) is 0 Å². The molecule has 7 heteroatoms. The van der Waals surface area contributed by atoms with Crippen LogP contribution in [0.2, 0.25) is 5.02 Å². The van der Waals surface area contributed by atoms with Gasteiger partial charge in [0, 0.05) is 37.7 Å². The number of halogens is 3. The average Bonchev–Trinajstić information content (AvgIpc) is 2.66. The van der Waals surface area contributed by atoms with Crippen molar-refractivity contribution < 1.29 is 9.18 Å². The summed E-state index contributed by atoms with van der Waals surface area (Å²) in [5.41, 5.74) is 1.65. The fraction of sp³-hybridized carbons (Fsp3) is 0.350. The molecule has 1 saturated heterocycles. The van der Waals surface area contributed by atoms with E-state index in [1.165, 1.54) is 12.1 Å². The van der Waals surface area contributed by atoms with Gasteiger partial charge in [-0.1, -0.05) is 29.8 Å². The van der Waals surface area contributed by atoms with Crippen LogP contribution in [0.15, 0.2) is 42.5 Å². The smallest absolute Gasteiger partial charge is 0.254 e. The average molecular weight is 412 g/mol. The van der Waals surface area contributed by atoms with E-state index < -0.39 is 5.82 Å². The van der Waals surface area contributed by atoms with E-state index in [9.17, 15) is 9.18 Å². The molecule has 2 aromatic carbocycles. The Labute approximate surface area is 170 Å². The molecule has 1 fully saturated rings. The van der Waals surface area contributed by atoms with E-state index >= 15 is 0 Å². The Bertz CT molecular complexity index is 749. The van der Waals surface area contributed by atoms with E-state index in [0.29, 0.717) is 11.6 Å². The summed E-state index contributed by atoms with van der Waals surface area (Å²) in [5, 5.41) is 6.75. The topological polar surface area (TPSA) is 44.4 Å². The Morgan fingerprint density at radius 1 is 1.11 bits per heavy atom. The number of benzene rings is 2. The summed E-state index contributed by atoms with van der Waals surface area (Å²) in [5.74, 6) is -0.887. The molecule has 0 aromatic heterocycles. The quantitative estimate of drug-likeness (QED) is 0.713. The molecule has 146 valence electrons. The number of hydrogen-bond acceptors (Lipinski definition) is 3. The van der Waals surface area contributed by atoms with E-state index in [1.807, 2.05) is 12.1 Å². The maximum Gasteiger partial charge on any atom is 0.254 e. The zero-order valence-corrected chi connectivity index (χ0v) is 16.6. The van der Waals surface area contributed by atoms with E-state index in [2.05, 4.69) is 15.5 Å². The first-order valence-electron chi connectivity index (χ1n) is 8.90. The second kappa shape index (κ2) is 10.6. The largest absolute Gasteiger partial charge is 0.352 e. The molecule has 4 nitrogen and oxygen atoms in total. The van der Waals surface area contributed by atoms with E-state index in [1.54, 1.807) is 18.2 Å². The van der Waals surface area contributed by atoms with Gasteiger partial charge in [0.25, 0.3) is 5.91 Å². The highest BCUT2D eigenvalue weighted by atomic mass is 35.5. The van der Waals surface area contributed by atoms with Crippen LogP contribution >= 0.6 is 24.0 Å². The predicted molar refractivity (Wildman–Crippen MR) is 110 cm³/mol. The number of hydrogen-bond donors (Lipinski definition) is 2. The standard InChI is InChI=1S/C20H23ClFN3O.ClH/c21-17-5-2-15(3-6-17)16-4-7-18(19(22)14-16)20(26)24-8-1-11-25-12-9-23-10-13-25;/h2-7,14,23H,1,8-13H2,(H,24,26);1H. The molecular formula is C20H24Cl2FN3O. The van der Waals surface area contributed by atoms with Gasteiger partial charge in [-0.3, -0.25) is 4.79 Å². The van der Waals surface area contributed by atoms with Crippen LogP contribution in [-0.4, -0.2) is 50.1 Å². The minimum absolute atomic E-state index is 0. The number of nitrogens with zero attached hydrogens (tertiary/aromatic N) is 1. The van der Waals surface area contributed by atoms with E-state index in [4.69, 9.17) is 11.6 Å². The zero-order valence-electron chi connectivity index (χ0n) is 15.0. The van der Waals surface area contributed by atoms with Gasteiger partial charge in [-0.15, -0.1) is 12.4 Å². The lowest BCUT2D eigenvalue weighted by Crippen LogP contribution is -2.44. The van der Waals surface area contributed by atoms with Crippen molar-refractivity contribution in [2.75, 3.05) is 39.3 Å². The highest BCUT2D eigenvalue weighted by molar-refractivity contribution is 6.30. The van der Waals surface area contributed by atoms with Crippen LogP contribution in [-0.2, 0) is 0 Å². The summed E-state index contributed by atoms with van der Waals surface area (Å²) in [6.45, 7) is 5.58. The van der Waals surface area contributed by atoms with Crippen molar-refractivity contribution in [2.45, 2.75) is 6.42 Å². The molecule has 0 bridgehead atoms. The third kappa shape index (κ3) is 6.18. The third-order valence-electron chi connectivity index (χ3n) is 4.54. The molecule has 2 aromatic rings. The lowest BCUT2D eigenvalue weighted by atomic mass is 10.0. The maximum atomic E-state index is 14.4. The lowest BCUT2D eigenvalue weighted by Gasteiger charge is -2.27. The van der Waals surface area contributed by atoms with Crippen molar-refractivity contribution in [3.8, 4) is 11.1 Å². The summed E-state index contributed by atoms with van der Waals surface area (Å²) < 4.78 is 14.4. The van der Waals surface area contributed by atoms with Crippen molar-refractivity contribution >= 4 is 29.9 Å². The molecule has 1 aliphatic rings. The Balaban J connectivity index is 0.00000261. The van der Waals surface area contributed by atoms with Crippen LogP contribution in [0.3, 0.4) is 0 Å². The first-order valence-corrected chi connectivity index (χ1v) is 9.28. The number of carbonyl (C=O) groups excluding carboxylic acids is 1. The predicted octanol–water partition coefficient (Wildman–Crippen LogP) is 3.59. The van der Waals surface area contributed by atoms with Crippen LogP contribution in [0.5, 0.6) is 0 Å². The second-order valence-corrected chi connectivity index (χ2v) is 6.84. The third-order valence-corrected chi connectivity index (χ3v) is 4.79. The number of nitrogens with one attached hydrogen (secondary N) is 2. The van der Waals surface area contributed by atoms with Crippen molar-refractivity contribution in [3.63, 3.8) is 0 Å². The Morgan fingerprint density at radius 3 is 2.44 bits per heavy atom. The van der Waals surface area contributed by atoms with Crippen LogP contribution in [0.1, 0.15) is 16.8 Å². The highest BCUT2D eigenvalue weighted by Crippen LogP contribution is 2.23. The second-order valence-electron chi connectivity index (χ2n) is 6.40. The van der Waals surface area contributed by atoms with Crippen molar-refractivity contribution in [1.29, 1.82) is 0 Å². The van der Waals surface area contributed by atoms with Gasteiger partial charge in [-0.05, 0) is 48.4 Å². The monoisotopic (exact) mass is 411 g/mol. The minimum Gasteiger partial charge on any atom is -0.352 e. The minimum atomic E-state index is -0.517. The van der Waals surface area contributed by atoms with Gasteiger partial charge in [0.15, 0.2) is 0 Å². The molecule has 1 heterocycles. The molecule has 2 N–H and O–H groups in total. The fourth-order valence-corrected chi connectivity index (χ4v) is 3.18. The normalized spacial score (nSPS) is 14.4. The van der Waals surface area contributed by atoms with Gasteiger partial charge in [0.2, 0.25) is 0 Å². The molecule has 0 spiro atoms. The van der Waals surface area contributed by atoms with Crippen molar-refractivity contribution in [3.05, 3.63) is 58.9 Å². The van der Waals surface area contributed by atoms with Gasteiger partial charge in [0.05, 0.1) is 5.56 Å².